The van der Waals surface area contributed by atoms with Crippen LogP contribution in [0.5, 0.6) is 0 Å². The summed E-state index contributed by atoms with van der Waals surface area (Å²) in [7, 11) is 2.05. The van der Waals surface area contributed by atoms with Crippen LogP contribution in [0.15, 0.2) is 18.5 Å². The average Bonchev–Trinajstić information content (AvgIpc) is 2.58. The largest absolute Gasteiger partial charge is 0.329 e. The second-order valence-electron chi connectivity index (χ2n) is 4.51. The van der Waals surface area contributed by atoms with E-state index >= 15 is 0 Å². The van der Waals surface area contributed by atoms with Gasteiger partial charge in [0.05, 0.1) is 17.3 Å². The van der Waals surface area contributed by atoms with E-state index in [2.05, 4.69) is 40.6 Å². The van der Waals surface area contributed by atoms with Crippen LogP contribution in [0.4, 0.5) is 0 Å². The third kappa shape index (κ3) is 1.69. The van der Waals surface area contributed by atoms with Crippen molar-refractivity contribution < 1.29 is 0 Å². The van der Waals surface area contributed by atoms with E-state index in [4.69, 9.17) is 0 Å². The molecular weight excluding hydrogens is 200 g/mol. The summed E-state index contributed by atoms with van der Waals surface area (Å²) >= 11 is 0. The van der Waals surface area contributed by atoms with E-state index in [0.29, 0.717) is 0 Å². The molecule has 0 atom stereocenters. The van der Waals surface area contributed by atoms with E-state index < -0.39 is 0 Å². The normalized spacial score (nSPS) is 12.2. The Morgan fingerprint density at radius 3 is 2.81 bits per heavy atom. The van der Waals surface area contributed by atoms with Crippen LogP contribution in [0.25, 0.3) is 11.0 Å². The molecule has 2 aromatic heterocycles. The van der Waals surface area contributed by atoms with Gasteiger partial charge in [-0.15, -0.1) is 0 Å². The highest BCUT2D eigenvalue weighted by atomic mass is 15.1. The lowest BCUT2D eigenvalue weighted by molar-refractivity contribution is 0.383. The van der Waals surface area contributed by atoms with E-state index in [9.17, 15) is 0 Å². The van der Waals surface area contributed by atoms with Gasteiger partial charge in [0.25, 0.3) is 0 Å². The first kappa shape index (κ1) is 11.1. The number of hydrogen-bond donors (Lipinski definition) is 1. The first-order valence-electron chi connectivity index (χ1n) is 5.58. The minimum Gasteiger partial charge on any atom is -0.329 e. The van der Waals surface area contributed by atoms with Gasteiger partial charge >= 0.3 is 0 Å². The van der Waals surface area contributed by atoms with Gasteiger partial charge in [-0.1, -0.05) is 6.92 Å². The molecule has 0 unspecified atom stereocenters. The lowest BCUT2D eigenvalue weighted by atomic mass is 10.1. The summed E-state index contributed by atoms with van der Waals surface area (Å²) in [6, 6.07) is 1.99. The van der Waals surface area contributed by atoms with Crippen molar-refractivity contribution in [3.8, 4) is 0 Å². The first-order valence-corrected chi connectivity index (χ1v) is 5.58. The lowest BCUT2D eigenvalue weighted by Gasteiger charge is -2.25. The molecule has 0 radical (unpaired) electrons. The predicted molar refractivity (Wildman–Crippen MR) is 65.2 cm³/mol. The molecule has 4 nitrogen and oxygen atoms in total. The Hall–Kier alpha value is -1.42. The number of imidazole rings is 1. The van der Waals surface area contributed by atoms with Crippen molar-refractivity contribution in [1.29, 1.82) is 0 Å². The summed E-state index contributed by atoms with van der Waals surface area (Å²) < 4.78 is 2.12. The fourth-order valence-electron chi connectivity index (χ4n) is 2.13. The number of pyridine rings is 1. The molecule has 16 heavy (non-hydrogen) atoms. The molecule has 86 valence electrons. The Bertz CT molecular complexity index is 499. The highest BCUT2D eigenvalue weighted by molar-refractivity contribution is 5.74. The molecule has 0 amide bonds. The van der Waals surface area contributed by atoms with Crippen LogP contribution >= 0.6 is 0 Å². The smallest absolute Gasteiger partial charge is 0.129 e. The molecule has 2 heterocycles. The number of hydrogen-bond acceptors (Lipinski definition) is 3. The number of aryl methyl sites for hydroxylation is 1. The number of nitrogens with one attached hydrogen (secondary N) is 1. The minimum absolute atomic E-state index is 0.123. The molecule has 0 aliphatic heterocycles. The molecule has 0 aromatic carbocycles. The predicted octanol–water partition coefficient (Wildman–Crippen LogP) is 1.81. The highest BCUT2D eigenvalue weighted by Crippen LogP contribution is 2.22. The molecule has 0 saturated carbocycles. The second kappa shape index (κ2) is 3.87. The standard InChI is InChI=1S/C12H18N4/c1-5-14-12(2,3)11-15-9-8-13-7-6-10(9)16(11)4/h6-8,14H,5H2,1-4H3. The third-order valence-corrected chi connectivity index (χ3v) is 2.86. The maximum atomic E-state index is 4.64. The van der Waals surface area contributed by atoms with E-state index in [1.807, 2.05) is 13.1 Å². The van der Waals surface area contributed by atoms with Gasteiger partial charge in [0, 0.05) is 13.2 Å². The van der Waals surface area contributed by atoms with E-state index in [1.54, 1.807) is 12.4 Å². The molecule has 0 spiro atoms. The van der Waals surface area contributed by atoms with Crippen LogP contribution in [0.2, 0.25) is 0 Å². The van der Waals surface area contributed by atoms with Crippen LogP contribution in [0.3, 0.4) is 0 Å². The summed E-state index contributed by atoms with van der Waals surface area (Å²) in [4.78, 5) is 8.74. The molecule has 2 rings (SSSR count). The SMILES string of the molecule is CCNC(C)(C)c1nc2cnccc2n1C. The molecule has 0 bridgehead atoms. The molecular formula is C12H18N4. The van der Waals surface area contributed by atoms with Gasteiger partial charge in [-0.2, -0.15) is 0 Å². The Balaban J connectivity index is 2.57. The van der Waals surface area contributed by atoms with Gasteiger partial charge in [0.2, 0.25) is 0 Å². The summed E-state index contributed by atoms with van der Waals surface area (Å²) in [5.74, 6) is 1.04. The summed E-state index contributed by atoms with van der Waals surface area (Å²) in [6.45, 7) is 7.32. The van der Waals surface area contributed by atoms with Gasteiger partial charge < -0.3 is 9.88 Å². The zero-order valence-electron chi connectivity index (χ0n) is 10.3. The molecule has 4 heteroatoms. The molecule has 0 aliphatic carbocycles. The maximum absolute atomic E-state index is 4.64. The lowest BCUT2D eigenvalue weighted by Crippen LogP contribution is -2.38. The Labute approximate surface area is 95.7 Å². The summed E-state index contributed by atoms with van der Waals surface area (Å²) in [6.07, 6.45) is 3.61. The average molecular weight is 218 g/mol. The fraction of sp³-hybridized carbons (Fsp3) is 0.500. The molecule has 0 aliphatic rings. The van der Waals surface area contributed by atoms with Gasteiger partial charge in [0.15, 0.2) is 0 Å². The zero-order chi connectivity index (χ0) is 11.8. The number of nitrogens with zero attached hydrogens (tertiary/aromatic N) is 3. The summed E-state index contributed by atoms with van der Waals surface area (Å²) in [5, 5.41) is 3.44. The van der Waals surface area contributed by atoms with Crippen molar-refractivity contribution in [2.24, 2.45) is 7.05 Å². The van der Waals surface area contributed by atoms with Gasteiger partial charge in [-0.3, -0.25) is 4.98 Å². The van der Waals surface area contributed by atoms with E-state index in [-0.39, 0.29) is 5.54 Å². The Morgan fingerprint density at radius 2 is 2.19 bits per heavy atom. The Morgan fingerprint density at radius 1 is 1.44 bits per heavy atom. The molecule has 0 fully saturated rings. The van der Waals surface area contributed by atoms with Gasteiger partial charge in [0.1, 0.15) is 11.3 Å². The molecule has 2 aromatic rings. The summed E-state index contributed by atoms with van der Waals surface area (Å²) in [5.41, 5.74) is 1.95. The van der Waals surface area contributed by atoms with Crippen LogP contribution in [0.1, 0.15) is 26.6 Å². The van der Waals surface area contributed by atoms with Gasteiger partial charge in [-0.05, 0) is 26.5 Å². The highest BCUT2D eigenvalue weighted by Gasteiger charge is 2.25. The number of aromatic nitrogens is 3. The quantitative estimate of drug-likeness (QED) is 0.854. The van der Waals surface area contributed by atoms with Crippen molar-refractivity contribution in [3.05, 3.63) is 24.3 Å². The third-order valence-electron chi connectivity index (χ3n) is 2.86. The molecule has 1 N–H and O–H groups in total. The van der Waals surface area contributed by atoms with Gasteiger partial charge in [-0.25, -0.2) is 4.98 Å². The van der Waals surface area contributed by atoms with Crippen LogP contribution in [-0.2, 0) is 12.6 Å². The Kier molecular flexibility index (Phi) is 2.68. The van der Waals surface area contributed by atoms with E-state index in [0.717, 1.165) is 23.4 Å². The topological polar surface area (TPSA) is 42.7 Å². The molecule has 0 saturated heterocycles. The number of fused-ring (bicyclic) bond motifs is 1. The van der Waals surface area contributed by atoms with Crippen LogP contribution in [-0.4, -0.2) is 21.1 Å². The van der Waals surface area contributed by atoms with Crippen molar-refractivity contribution in [1.82, 2.24) is 19.9 Å². The van der Waals surface area contributed by atoms with Crippen molar-refractivity contribution in [3.63, 3.8) is 0 Å². The maximum Gasteiger partial charge on any atom is 0.129 e. The van der Waals surface area contributed by atoms with E-state index in [1.165, 1.54) is 0 Å². The zero-order valence-corrected chi connectivity index (χ0v) is 10.3. The number of rotatable bonds is 3. The first-order chi connectivity index (χ1) is 7.56. The van der Waals surface area contributed by atoms with Crippen molar-refractivity contribution in [2.75, 3.05) is 6.54 Å². The van der Waals surface area contributed by atoms with Crippen LogP contribution < -0.4 is 5.32 Å². The van der Waals surface area contributed by atoms with Crippen LogP contribution in [0, 0.1) is 0 Å². The fourth-order valence-corrected chi connectivity index (χ4v) is 2.13. The minimum atomic E-state index is -0.123. The monoisotopic (exact) mass is 218 g/mol. The second-order valence-corrected chi connectivity index (χ2v) is 4.51. The van der Waals surface area contributed by atoms with Crippen molar-refractivity contribution in [2.45, 2.75) is 26.3 Å². The van der Waals surface area contributed by atoms with Crippen molar-refractivity contribution >= 4 is 11.0 Å².